The maximum absolute atomic E-state index is 10.5. The molecule has 0 aliphatic carbocycles. The summed E-state index contributed by atoms with van der Waals surface area (Å²) in [6.45, 7) is 3.87. The number of aliphatic hydroxyl groups is 1. The molecule has 2 rings (SSSR count). The second-order valence-electron chi connectivity index (χ2n) is 5.06. The molecule has 0 fully saturated rings. The number of furan rings is 1. The van der Waals surface area contributed by atoms with Crippen molar-refractivity contribution in [1.82, 2.24) is 5.32 Å². The van der Waals surface area contributed by atoms with E-state index in [1.54, 1.807) is 20.1 Å². The van der Waals surface area contributed by atoms with E-state index >= 15 is 0 Å². The van der Waals surface area contributed by atoms with Gasteiger partial charge in [-0.2, -0.15) is 0 Å². The summed E-state index contributed by atoms with van der Waals surface area (Å²) in [6, 6.07) is 7.26. The van der Waals surface area contributed by atoms with Crippen molar-refractivity contribution in [2.75, 3.05) is 26.8 Å². The minimum absolute atomic E-state index is 0.559. The molecule has 0 spiro atoms. The smallest absolute Gasteiger partial charge is 0.136 e. The summed E-state index contributed by atoms with van der Waals surface area (Å²) in [4.78, 5) is 0. The molecule has 5 heteroatoms. The summed E-state index contributed by atoms with van der Waals surface area (Å²) in [5, 5.41) is 15.3. The van der Waals surface area contributed by atoms with Gasteiger partial charge in [0.05, 0.1) is 6.61 Å². The summed E-state index contributed by atoms with van der Waals surface area (Å²) in [5.41, 5.74) is -0.275. The molecule has 2 N–H and O–H groups in total. The lowest BCUT2D eigenvalue weighted by atomic mass is 9.99. The molecule has 0 saturated carbocycles. The number of nitrogens with one attached hydrogen (secondary N) is 1. The molecular formula is C15H20ClNO3. The van der Waals surface area contributed by atoms with Crippen molar-refractivity contribution >= 4 is 22.6 Å². The highest BCUT2D eigenvalue weighted by molar-refractivity contribution is 6.31. The van der Waals surface area contributed by atoms with Crippen molar-refractivity contribution in [2.24, 2.45) is 0 Å². The quantitative estimate of drug-likeness (QED) is 0.772. The van der Waals surface area contributed by atoms with Crippen LogP contribution in [0.1, 0.15) is 19.1 Å². The van der Waals surface area contributed by atoms with Gasteiger partial charge in [-0.15, -0.1) is 0 Å². The van der Waals surface area contributed by atoms with Crippen LogP contribution in [-0.4, -0.2) is 31.9 Å². The van der Waals surface area contributed by atoms with Gasteiger partial charge >= 0.3 is 0 Å². The topological polar surface area (TPSA) is 54.6 Å². The lowest BCUT2D eigenvalue weighted by Gasteiger charge is -2.20. The van der Waals surface area contributed by atoms with Gasteiger partial charge in [0, 0.05) is 24.1 Å². The minimum Gasteiger partial charge on any atom is -0.458 e. The van der Waals surface area contributed by atoms with Crippen LogP contribution in [0.15, 0.2) is 28.7 Å². The number of hydrogen-bond donors (Lipinski definition) is 2. The van der Waals surface area contributed by atoms with Crippen LogP contribution in [0.25, 0.3) is 11.0 Å². The molecule has 0 aliphatic heterocycles. The van der Waals surface area contributed by atoms with E-state index in [9.17, 15) is 5.11 Å². The number of fused-ring (bicyclic) bond motifs is 1. The molecule has 110 valence electrons. The molecule has 1 atom stereocenters. The van der Waals surface area contributed by atoms with E-state index in [1.807, 2.05) is 18.2 Å². The van der Waals surface area contributed by atoms with E-state index in [-0.39, 0.29) is 0 Å². The van der Waals surface area contributed by atoms with E-state index in [2.05, 4.69) is 5.32 Å². The van der Waals surface area contributed by atoms with E-state index < -0.39 is 5.60 Å². The van der Waals surface area contributed by atoms with Gasteiger partial charge in [0.1, 0.15) is 16.9 Å². The monoisotopic (exact) mass is 297 g/mol. The molecule has 0 aliphatic rings. The molecule has 0 bridgehead atoms. The van der Waals surface area contributed by atoms with Gasteiger partial charge < -0.3 is 19.6 Å². The van der Waals surface area contributed by atoms with Gasteiger partial charge in [-0.3, -0.25) is 0 Å². The van der Waals surface area contributed by atoms with Crippen LogP contribution in [-0.2, 0) is 10.3 Å². The van der Waals surface area contributed by atoms with E-state index in [4.69, 9.17) is 20.8 Å². The number of rotatable bonds is 7. The maximum Gasteiger partial charge on any atom is 0.136 e. The van der Waals surface area contributed by atoms with Crippen LogP contribution < -0.4 is 5.32 Å². The molecule has 20 heavy (non-hydrogen) atoms. The normalized spacial score (nSPS) is 14.6. The number of benzene rings is 1. The Hall–Kier alpha value is -1.07. The van der Waals surface area contributed by atoms with Gasteiger partial charge in [0.2, 0.25) is 0 Å². The fraction of sp³-hybridized carbons (Fsp3) is 0.467. The Morgan fingerprint density at radius 3 is 2.90 bits per heavy atom. The third kappa shape index (κ3) is 3.73. The fourth-order valence-corrected chi connectivity index (χ4v) is 2.21. The zero-order valence-corrected chi connectivity index (χ0v) is 12.5. The van der Waals surface area contributed by atoms with Crippen molar-refractivity contribution in [3.05, 3.63) is 35.0 Å². The van der Waals surface area contributed by atoms with Crippen molar-refractivity contribution in [2.45, 2.75) is 18.9 Å². The number of ether oxygens (including phenoxy) is 1. The first kappa shape index (κ1) is 15.3. The van der Waals surface area contributed by atoms with Crippen LogP contribution in [0.5, 0.6) is 0 Å². The first-order valence-corrected chi connectivity index (χ1v) is 7.02. The Kier molecular flexibility index (Phi) is 5.05. The molecule has 1 aromatic carbocycles. The van der Waals surface area contributed by atoms with Crippen LogP contribution >= 0.6 is 11.6 Å². The third-order valence-corrected chi connectivity index (χ3v) is 3.52. The molecule has 1 aromatic heterocycles. The first-order chi connectivity index (χ1) is 9.53. The predicted octanol–water partition coefficient (Wildman–Crippen LogP) is 2.92. The van der Waals surface area contributed by atoms with Crippen LogP contribution in [0.3, 0.4) is 0 Å². The number of hydrogen-bond acceptors (Lipinski definition) is 4. The average Bonchev–Trinajstić information content (AvgIpc) is 2.82. The number of methoxy groups -OCH3 is 1. The molecular weight excluding hydrogens is 278 g/mol. The number of halogens is 1. The largest absolute Gasteiger partial charge is 0.458 e. The Morgan fingerprint density at radius 1 is 1.35 bits per heavy atom. The predicted molar refractivity (Wildman–Crippen MR) is 80.2 cm³/mol. The highest BCUT2D eigenvalue weighted by atomic mass is 35.5. The zero-order valence-electron chi connectivity index (χ0n) is 11.8. The van der Waals surface area contributed by atoms with Crippen LogP contribution in [0.4, 0.5) is 0 Å². The molecule has 2 aromatic rings. The summed E-state index contributed by atoms with van der Waals surface area (Å²) >= 11 is 5.95. The highest BCUT2D eigenvalue weighted by Crippen LogP contribution is 2.31. The van der Waals surface area contributed by atoms with E-state index in [0.717, 1.165) is 17.5 Å². The molecule has 0 radical (unpaired) electrons. The SMILES string of the molecule is COCCNCCC(C)(O)c1cc2cc(Cl)ccc2o1. The Labute approximate surface area is 123 Å². The van der Waals surface area contributed by atoms with Crippen molar-refractivity contribution in [1.29, 1.82) is 0 Å². The lowest BCUT2D eigenvalue weighted by Crippen LogP contribution is -2.29. The zero-order chi connectivity index (χ0) is 14.6. The Balaban J connectivity index is 2.03. The van der Waals surface area contributed by atoms with Gasteiger partial charge in [-0.05, 0) is 44.2 Å². The molecule has 4 nitrogen and oxygen atoms in total. The molecule has 0 saturated heterocycles. The molecule has 1 unspecified atom stereocenters. The molecule has 0 amide bonds. The molecule has 1 heterocycles. The highest BCUT2D eigenvalue weighted by Gasteiger charge is 2.26. The Bertz CT molecular complexity index is 565. The van der Waals surface area contributed by atoms with Crippen molar-refractivity contribution < 1.29 is 14.3 Å². The van der Waals surface area contributed by atoms with E-state index in [0.29, 0.717) is 30.4 Å². The van der Waals surface area contributed by atoms with Gasteiger partial charge in [-0.25, -0.2) is 0 Å². The van der Waals surface area contributed by atoms with Crippen LogP contribution in [0.2, 0.25) is 5.02 Å². The Morgan fingerprint density at radius 2 is 2.15 bits per heavy atom. The standard InChI is InChI=1S/C15H20ClNO3/c1-15(18,5-6-17-7-8-19-2)14-10-11-9-12(16)3-4-13(11)20-14/h3-4,9-10,17-18H,5-8H2,1-2H3. The summed E-state index contributed by atoms with van der Waals surface area (Å²) in [7, 11) is 1.66. The fourth-order valence-electron chi connectivity index (χ4n) is 2.03. The maximum atomic E-state index is 10.5. The van der Waals surface area contributed by atoms with Crippen molar-refractivity contribution in [3.8, 4) is 0 Å². The van der Waals surface area contributed by atoms with Gasteiger partial charge in [0.15, 0.2) is 0 Å². The van der Waals surface area contributed by atoms with Crippen molar-refractivity contribution in [3.63, 3.8) is 0 Å². The third-order valence-electron chi connectivity index (χ3n) is 3.28. The van der Waals surface area contributed by atoms with Gasteiger partial charge in [-0.1, -0.05) is 11.6 Å². The van der Waals surface area contributed by atoms with Crippen LogP contribution in [0, 0.1) is 0 Å². The van der Waals surface area contributed by atoms with Gasteiger partial charge in [0.25, 0.3) is 0 Å². The first-order valence-electron chi connectivity index (χ1n) is 6.64. The van der Waals surface area contributed by atoms with E-state index in [1.165, 1.54) is 0 Å². The second-order valence-corrected chi connectivity index (χ2v) is 5.50. The second kappa shape index (κ2) is 6.59. The summed E-state index contributed by atoms with van der Waals surface area (Å²) < 4.78 is 10.7. The summed E-state index contributed by atoms with van der Waals surface area (Å²) in [6.07, 6.45) is 0.560. The summed E-state index contributed by atoms with van der Waals surface area (Å²) in [5.74, 6) is 0.559. The lowest BCUT2D eigenvalue weighted by molar-refractivity contribution is 0.0268. The average molecular weight is 298 g/mol. The minimum atomic E-state index is -1.01.